The van der Waals surface area contributed by atoms with Crippen LogP contribution in [0, 0.1) is 18.6 Å². The molecule has 13 heteroatoms. The number of H-pyrrole nitrogens is 1. The number of hydrogen-bond acceptors (Lipinski definition) is 7. The number of carbonyl (C=O) groups is 2. The summed E-state index contributed by atoms with van der Waals surface area (Å²) in [5.41, 5.74) is 5.27. The third-order valence-corrected chi connectivity index (χ3v) is 6.04. The van der Waals surface area contributed by atoms with E-state index in [-0.39, 0.29) is 69.1 Å². The van der Waals surface area contributed by atoms with Crippen molar-refractivity contribution in [2.75, 3.05) is 7.11 Å². The van der Waals surface area contributed by atoms with Crippen molar-refractivity contribution < 1.29 is 27.8 Å². The van der Waals surface area contributed by atoms with Crippen LogP contribution in [0.4, 0.5) is 8.78 Å². The molecule has 1 amide bonds. The van der Waals surface area contributed by atoms with Gasteiger partial charge in [-0.1, -0.05) is 11.6 Å². The molecule has 0 unspecified atom stereocenters. The lowest BCUT2D eigenvalue weighted by atomic mass is 10.1. The van der Waals surface area contributed by atoms with Crippen molar-refractivity contribution in [3.05, 3.63) is 74.1 Å². The highest BCUT2D eigenvalue weighted by Gasteiger charge is 2.22. The largest absolute Gasteiger partial charge is 0.496 e. The van der Waals surface area contributed by atoms with Crippen LogP contribution in [-0.2, 0) is 17.8 Å². The zero-order valence-electron chi connectivity index (χ0n) is 20.5. The van der Waals surface area contributed by atoms with Crippen molar-refractivity contribution in [3.63, 3.8) is 0 Å². The second kappa shape index (κ2) is 10.6. The molecule has 0 radical (unpaired) electrons. The van der Waals surface area contributed by atoms with Gasteiger partial charge in [0.1, 0.15) is 35.1 Å². The number of nitrogens with two attached hydrogens (primary N) is 1. The Morgan fingerprint density at radius 3 is 2.58 bits per heavy atom. The highest BCUT2D eigenvalue weighted by atomic mass is 35.5. The average Bonchev–Trinajstić information content (AvgIpc) is 3.18. The Bertz CT molecular complexity index is 1650. The molecule has 38 heavy (non-hydrogen) atoms. The van der Waals surface area contributed by atoms with Crippen LogP contribution in [0.15, 0.2) is 29.1 Å². The number of nitrogens with zero attached hydrogens (tertiary/aromatic N) is 3. The molecule has 2 aromatic carbocycles. The van der Waals surface area contributed by atoms with E-state index < -0.39 is 29.8 Å². The van der Waals surface area contributed by atoms with E-state index in [1.807, 2.05) is 0 Å². The maximum absolute atomic E-state index is 14.5. The van der Waals surface area contributed by atoms with Gasteiger partial charge < -0.3 is 20.2 Å². The zero-order chi connectivity index (χ0) is 27.7. The molecule has 0 fully saturated rings. The summed E-state index contributed by atoms with van der Waals surface area (Å²) in [4.78, 5) is 47.5. The Hall–Kier alpha value is -4.32. The van der Waals surface area contributed by atoms with Crippen molar-refractivity contribution in [2.24, 2.45) is 5.73 Å². The summed E-state index contributed by atoms with van der Waals surface area (Å²) in [6, 6.07) is 5.07. The molecule has 4 aromatic rings. The lowest BCUT2D eigenvalue weighted by molar-refractivity contribution is -0.118. The molecule has 2 heterocycles. The first kappa shape index (κ1) is 26.7. The van der Waals surface area contributed by atoms with Crippen LogP contribution < -0.4 is 20.9 Å². The number of aromatic nitrogens is 4. The number of amides is 1. The van der Waals surface area contributed by atoms with E-state index in [2.05, 4.69) is 15.0 Å². The molecule has 0 bridgehead atoms. The van der Waals surface area contributed by atoms with E-state index >= 15 is 0 Å². The summed E-state index contributed by atoms with van der Waals surface area (Å²) in [5.74, 6) is -2.76. The quantitative estimate of drug-likeness (QED) is 0.306. The predicted molar refractivity (Wildman–Crippen MR) is 134 cm³/mol. The van der Waals surface area contributed by atoms with E-state index in [0.29, 0.717) is 5.56 Å². The van der Waals surface area contributed by atoms with E-state index in [4.69, 9.17) is 26.8 Å². The lowest BCUT2D eigenvalue weighted by Crippen LogP contribution is -2.16. The van der Waals surface area contributed by atoms with Crippen molar-refractivity contribution in [3.8, 4) is 17.2 Å². The minimum Gasteiger partial charge on any atom is -0.496 e. The van der Waals surface area contributed by atoms with Crippen LogP contribution in [0.25, 0.3) is 16.9 Å². The number of methoxy groups -OCH3 is 1. The van der Waals surface area contributed by atoms with E-state index in [1.54, 1.807) is 6.92 Å². The van der Waals surface area contributed by atoms with E-state index in [0.717, 1.165) is 10.6 Å². The summed E-state index contributed by atoms with van der Waals surface area (Å²) in [6.07, 6.45) is 0.0666. The van der Waals surface area contributed by atoms with Gasteiger partial charge in [0.2, 0.25) is 5.91 Å². The number of halogens is 3. The van der Waals surface area contributed by atoms with Gasteiger partial charge in [0.25, 0.3) is 0 Å². The normalized spacial score (nSPS) is 11.1. The summed E-state index contributed by atoms with van der Waals surface area (Å²) in [5, 5.41) is 0.0926. The number of imidazole rings is 1. The van der Waals surface area contributed by atoms with Crippen LogP contribution in [0.1, 0.15) is 40.8 Å². The lowest BCUT2D eigenvalue weighted by Gasteiger charge is -2.17. The SMILES string of the molecule is COc1ccc(F)c(F)c1COc1cc(-n2c(=O)[nH]c3c(C(C)=O)nc(C)nc32)c(Cl)cc1CCC(N)=O. The molecular formula is C25H22ClF2N5O5. The molecule has 0 aliphatic carbocycles. The summed E-state index contributed by atoms with van der Waals surface area (Å²) >= 11 is 6.55. The molecule has 0 atom stereocenters. The highest BCUT2D eigenvalue weighted by Crippen LogP contribution is 2.33. The average molecular weight is 546 g/mol. The Labute approximate surface area is 219 Å². The first-order valence-corrected chi connectivity index (χ1v) is 11.6. The summed E-state index contributed by atoms with van der Waals surface area (Å²) < 4.78 is 40.6. The minimum atomic E-state index is -1.14. The second-order valence-corrected chi connectivity index (χ2v) is 8.76. The molecular weight excluding hydrogens is 524 g/mol. The van der Waals surface area contributed by atoms with Crippen LogP contribution in [0.3, 0.4) is 0 Å². The fraction of sp³-hybridized carbons (Fsp3) is 0.240. The number of ketones is 1. The Balaban J connectivity index is 1.87. The molecule has 2 aromatic heterocycles. The first-order chi connectivity index (χ1) is 18.0. The third kappa shape index (κ3) is 5.07. The Kier molecular flexibility index (Phi) is 7.44. The number of primary amides is 1. The molecule has 10 nitrogen and oxygen atoms in total. The van der Waals surface area contributed by atoms with E-state index in [9.17, 15) is 23.2 Å². The van der Waals surface area contributed by atoms with Gasteiger partial charge in [-0.15, -0.1) is 0 Å². The maximum atomic E-state index is 14.5. The fourth-order valence-corrected chi connectivity index (χ4v) is 4.24. The first-order valence-electron chi connectivity index (χ1n) is 11.3. The summed E-state index contributed by atoms with van der Waals surface area (Å²) in [6.45, 7) is 2.43. The van der Waals surface area contributed by atoms with E-state index in [1.165, 1.54) is 32.2 Å². The van der Waals surface area contributed by atoms with Crippen molar-refractivity contribution in [1.29, 1.82) is 0 Å². The fourth-order valence-electron chi connectivity index (χ4n) is 3.97. The van der Waals surface area contributed by atoms with Gasteiger partial charge in [-0.2, -0.15) is 0 Å². The Morgan fingerprint density at radius 1 is 1.18 bits per heavy atom. The van der Waals surface area contributed by atoms with Gasteiger partial charge in [-0.25, -0.2) is 28.1 Å². The molecule has 4 rings (SSSR count). The maximum Gasteiger partial charge on any atom is 0.332 e. The standard InChI is InChI=1S/C25H22ClF2N5O5/c1-11(34)22-23-24(31-12(2)30-22)33(25(36)32-23)17-9-19(13(8-15(17)26)4-7-20(29)35)38-10-14-18(37-3)6-5-16(27)21(14)28/h5-6,8-9H,4,7,10H2,1-3H3,(H2,29,35)(H,32,36). The second-order valence-electron chi connectivity index (χ2n) is 8.35. The van der Waals surface area contributed by atoms with Gasteiger partial charge in [0.15, 0.2) is 23.1 Å². The smallest absolute Gasteiger partial charge is 0.332 e. The van der Waals surface area contributed by atoms with Crippen molar-refractivity contribution in [1.82, 2.24) is 19.5 Å². The summed E-state index contributed by atoms with van der Waals surface area (Å²) in [7, 11) is 1.30. The van der Waals surface area contributed by atoms with Gasteiger partial charge in [0, 0.05) is 19.4 Å². The number of aromatic amines is 1. The number of aryl methyl sites for hydroxylation is 2. The third-order valence-electron chi connectivity index (χ3n) is 5.74. The molecule has 0 aliphatic rings. The minimum absolute atomic E-state index is 0.0303. The number of carbonyl (C=O) groups excluding carboxylic acids is 2. The van der Waals surface area contributed by atoms with Crippen LogP contribution >= 0.6 is 11.6 Å². The Morgan fingerprint density at radius 2 is 1.92 bits per heavy atom. The predicted octanol–water partition coefficient (Wildman–Crippen LogP) is 3.56. The van der Waals surface area contributed by atoms with Crippen molar-refractivity contribution >= 4 is 34.5 Å². The number of hydrogen-bond donors (Lipinski definition) is 2. The number of benzene rings is 2. The van der Waals surface area contributed by atoms with Gasteiger partial charge in [0.05, 0.1) is 23.4 Å². The van der Waals surface area contributed by atoms with Crippen LogP contribution in [-0.4, -0.2) is 38.3 Å². The van der Waals surface area contributed by atoms with Gasteiger partial charge in [-0.3, -0.25) is 9.59 Å². The van der Waals surface area contributed by atoms with Crippen LogP contribution in [0.2, 0.25) is 5.02 Å². The highest BCUT2D eigenvalue weighted by molar-refractivity contribution is 6.32. The number of nitrogens with one attached hydrogen (secondary N) is 1. The zero-order valence-corrected chi connectivity index (χ0v) is 21.3. The molecule has 0 spiro atoms. The van der Waals surface area contributed by atoms with Gasteiger partial charge >= 0.3 is 5.69 Å². The molecule has 0 saturated heterocycles. The molecule has 198 valence electrons. The van der Waals surface area contributed by atoms with Crippen molar-refractivity contribution in [2.45, 2.75) is 33.3 Å². The number of fused-ring (bicyclic) bond motifs is 1. The molecule has 0 aliphatic heterocycles. The molecule has 0 saturated carbocycles. The number of rotatable bonds is 9. The van der Waals surface area contributed by atoms with Crippen LogP contribution in [0.5, 0.6) is 11.5 Å². The number of Topliss-reactive ketones (excluding diaryl/α,β-unsaturated/α-hetero) is 1. The number of ether oxygens (including phenoxy) is 2. The van der Waals surface area contributed by atoms with Gasteiger partial charge in [-0.05, 0) is 37.1 Å². The molecule has 3 N–H and O–H groups in total. The monoisotopic (exact) mass is 545 g/mol. The topological polar surface area (TPSA) is 142 Å².